The Morgan fingerprint density at radius 3 is 1.38 bits per heavy atom. The molecule has 0 amide bonds. The minimum atomic E-state index is -1.61. The Balaban J connectivity index is 1.81. The average Bonchev–Trinajstić information content (AvgIpc) is 2.70. The molecule has 3 aliphatic carbocycles. The maximum Gasteiger partial charge on any atom is 0.633 e. The van der Waals surface area contributed by atoms with Gasteiger partial charge in [0.05, 0.1) is 0 Å². The third-order valence-electron chi connectivity index (χ3n) is 8.12. The summed E-state index contributed by atoms with van der Waals surface area (Å²) >= 11 is 0. The zero-order valence-electron chi connectivity index (χ0n) is 16.8. The lowest BCUT2D eigenvalue weighted by Gasteiger charge is -2.55. The number of hydrogen-bond acceptors (Lipinski definition) is 3. The van der Waals surface area contributed by atoms with Gasteiger partial charge in [0.25, 0.3) is 0 Å². The first-order valence-electron chi connectivity index (χ1n) is 11.7. The van der Waals surface area contributed by atoms with Crippen molar-refractivity contribution >= 4 is 7.32 Å². The highest BCUT2D eigenvalue weighted by atomic mass is 16.6. The van der Waals surface area contributed by atoms with Crippen LogP contribution in [-0.4, -0.2) is 24.0 Å². The van der Waals surface area contributed by atoms with E-state index in [4.69, 9.17) is 14.7 Å². The molecule has 0 aliphatic heterocycles. The highest BCUT2D eigenvalue weighted by Crippen LogP contribution is 2.58. The van der Waals surface area contributed by atoms with E-state index in [-0.39, 0.29) is 0 Å². The van der Waals surface area contributed by atoms with Crippen molar-refractivity contribution in [3.63, 3.8) is 0 Å². The summed E-state index contributed by atoms with van der Waals surface area (Å²) in [7, 11) is -1.61. The van der Waals surface area contributed by atoms with Gasteiger partial charge in [0, 0.05) is 6.61 Å². The molecule has 0 unspecified atom stereocenters. The van der Waals surface area contributed by atoms with Crippen molar-refractivity contribution in [2.45, 2.75) is 109 Å². The molecule has 0 saturated heterocycles. The molecule has 0 spiro atoms. The van der Waals surface area contributed by atoms with Crippen LogP contribution < -0.4 is 0 Å². The fourth-order valence-corrected chi connectivity index (χ4v) is 7.10. The van der Waals surface area contributed by atoms with Crippen LogP contribution >= 0.6 is 0 Å². The van der Waals surface area contributed by atoms with E-state index in [1.54, 1.807) is 0 Å². The van der Waals surface area contributed by atoms with Gasteiger partial charge in [-0.15, -0.1) is 0 Å². The molecule has 0 aromatic heterocycles. The molecule has 0 heterocycles. The van der Waals surface area contributed by atoms with E-state index in [0.29, 0.717) is 12.0 Å². The quantitative estimate of drug-likeness (QED) is 0.443. The summed E-state index contributed by atoms with van der Waals surface area (Å²) in [6.45, 7) is 0.492. The van der Waals surface area contributed by atoms with Gasteiger partial charge in [-0.05, 0) is 74.5 Å². The van der Waals surface area contributed by atoms with E-state index in [0.717, 1.165) is 24.2 Å². The van der Waals surface area contributed by atoms with Crippen molar-refractivity contribution in [3.8, 4) is 0 Å². The smallest absolute Gasteiger partial charge is 0.402 e. The van der Waals surface area contributed by atoms with E-state index in [9.17, 15) is 0 Å². The maximum atomic E-state index is 9.06. The predicted octanol–water partition coefficient (Wildman–Crippen LogP) is 5.48. The van der Waals surface area contributed by atoms with Crippen molar-refractivity contribution in [2.75, 3.05) is 6.61 Å². The molecule has 26 heavy (non-hydrogen) atoms. The highest BCUT2D eigenvalue weighted by molar-refractivity contribution is 6.32. The third-order valence-corrected chi connectivity index (χ3v) is 8.12. The molecule has 0 aromatic carbocycles. The van der Waals surface area contributed by atoms with Crippen LogP contribution in [-0.2, 0) is 4.65 Å². The van der Waals surface area contributed by atoms with Crippen LogP contribution in [0.15, 0.2) is 0 Å². The monoisotopic (exact) mass is 364 g/mol. The molecule has 0 aromatic rings. The molecule has 150 valence electrons. The van der Waals surface area contributed by atoms with Gasteiger partial charge in [-0.2, -0.15) is 0 Å². The molecule has 4 heteroatoms. The summed E-state index contributed by atoms with van der Waals surface area (Å²) in [5.74, 6) is 2.71. The van der Waals surface area contributed by atoms with E-state index in [2.05, 4.69) is 0 Å². The lowest BCUT2D eigenvalue weighted by molar-refractivity contribution is -0.0591. The van der Waals surface area contributed by atoms with Gasteiger partial charge in [-0.1, -0.05) is 57.8 Å². The summed E-state index contributed by atoms with van der Waals surface area (Å²) < 4.78 is 5.11. The minimum absolute atomic E-state index is 0.492. The van der Waals surface area contributed by atoms with Gasteiger partial charge in [0.15, 0.2) is 0 Å². The molecule has 3 aliphatic rings. The van der Waals surface area contributed by atoms with E-state index in [1.165, 1.54) is 103 Å². The fraction of sp³-hybridized carbons (Fsp3) is 1.00. The molecule has 0 radical (unpaired) electrons. The van der Waals surface area contributed by atoms with Crippen LogP contribution in [0.3, 0.4) is 0 Å². The topological polar surface area (TPSA) is 49.7 Å². The third kappa shape index (κ3) is 5.05. The van der Waals surface area contributed by atoms with E-state index in [1.807, 2.05) is 0 Å². The minimum Gasteiger partial charge on any atom is -0.402 e. The SMILES string of the molecule is OB(O)OCCCC(C1CCCCC1)(C1CCCCC1)C1CCCCC1. The normalized spacial score (nSPS) is 24.7. The van der Waals surface area contributed by atoms with Crippen LogP contribution in [0.4, 0.5) is 0 Å². The van der Waals surface area contributed by atoms with Crippen LogP contribution in [0.25, 0.3) is 0 Å². The van der Waals surface area contributed by atoms with Crippen molar-refractivity contribution in [1.29, 1.82) is 0 Å². The first-order chi connectivity index (χ1) is 12.7. The Labute approximate surface area is 161 Å². The second-order valence-electron chi connectivity index (χ2n) is 9.42. The number of hydrogen-bond donors (Lipinski definition) is 2. The molecule has 0 atom stereocenters. The molecule has 2 N–H and O–H groups in total. The summed E-state index contributed by atoms with van der Waals surface area (Å²) in [5.41, 5.74) is 0.505. The Morgan fingerprint density at radius 1 is 0.654 bits per heavy atom. The van der Waals surface area contributed by atoms with Crippen LogP contribution in [0, 0.1) is 23.2 Å². The summed E-state index contributed by atoms with van der Waals surface area (Å²) in [5, 5.41) is 18.1. The maximum absolute atomic E-state index is 9.06. The van der Waals surface area contributed by atoms with Gasteiger partial charge in [0.1, 0.15) is 0 Å². The van der Waals surface area contributed by atoms with Crippen LogP contribution in [0.1, 0.15) is 109 Å². The lowest BCUT2D eigenvalue weighted by Crippen LogP contribution is -2.47. The summed E-state index contributed by atoms with van der Waals surface area (Å²) in [6, 6.07) is 0. The zero-order chi connectivity index (χ0) is 18.2. The molecule has 3 nitrogen and oxygen atoms in total. The van der Waals surface area contributed by atoms with Crippen LogP contribution in [0.2, 0.25) is 0 Å². The van der Waals surface area contributed by atoms with Crippen molar-refractivity contribution in [2.24, 2.45) is 23.2 Å². The average molecular weight is 364 g/mol. The van der Waals surface area contributed by atoms with Gasteiger partial charge < -0.3 is 14.7 Å². The van der Waals surface area contributed by atoms with Crippen LogP contribution in [0.5, 0.6) is 0 Å². The zero-order valence-corrected chi connectivity index (χ0v) is 16.8. The van der Waals surface area contributed by atoms with Gasteiger partial charge in [0.2, 0.25) is 0 Å². The van der Waals surface area contributed by atoms with Crippen molar-refractivity contribution in [1.82, 2.24) is 0 Å². The molecule has 3 fully saturated rings. The molecule has 3 saturated carbocycles. The van der Waals surface area contributed by atoms with Crippen molar-refractivity contribution in [3.05, 3.63) is 0 Å². The Bertz CT molecular complexity index is 337. The molecule has 3 rings (SSSR count). The number of rotatable bonds is 8. The molecular formula is C22H41BO3. The standard InChI is InChI=1S/C22H41BO3/c24-23(25)26-18-10-17-22(19-11-4-1-5-12-19,20-13-6-2-7-14-20)21-15-8-3-9-16-21/h19-21,24-25H,1-18H2. The Kier molecular flexibility index (Phi) is 8.33. The van der Waals surface area contributed by atoms with E-state index < -0.39 is 7.32 Å². The largest absolute Gasteiger partial charge is 0.633 e. The van der Waals surface area contributed by atoms with Gasteiger partial charge >= 0.3 is 7.32 Å². The molecular weight excluding hydrogens is 323 g/mol. The lowest BCUT2D eigenvalue weighted by atomic mass is 9.50. The van der Waals surface area contributed by atoms with E-state index >= 15 is 0 Å². The predicted molar refractivity (Wildman–Crippen MR) is 108 cm³/mol. The van der Waals surface area contributed by atoms with Crippen molar-refractivity contribution < 1.29 is 14.7 Å². The summed E-state index contributed by atoms with van der Waals surface area (Å²) in [4.78, 5) is 0. The Hall–Kier alpha value is -0.0551. The summed E-state index contributed by atoms with van der Waals surface area (Å²) in [6.07, 6.45) is 23.7. The van der Waals surface area contributed by atoms with Gasteiger partial charge in [-0.3, -0.25) is 0 Å². The molecule has 0 bridgehead atoms. The highest BCUT2D eigenvalue weighted by Gasteiger charge is 2.49. The van der Waals surface area contributed by atoms with Gasteiger partial charge in [-0.25, -0.2) is 0 Å². The fourth-order valence-electron chi connectivity index (χ4n) is 7.10. The second kappa shape index (κ2) is 10.5. The Morgan fingerprint density at radius 2 is 1.04 bits per heavy atom. The second-order valence-corrected chi connectivity index (χ2v) is 9.42. The first-order valence-corrected chi connectivity index (χ1v) is 11.7. The first kappa shape index (κ1) is 20.7.